The molecule has 2 aromatic carbocycles. The molecule has 0 unspecified atom stereocenters. The van der Waals surface area contributed by atoms with Crippen LogP contribution in [-0.2, 0) is 6.54 Å². The molecule has 4 aromatic rings. The first kappa shape index (κ1) is 14.3. The zero-order chi connectivity index (χ0) is 16.2. The smallest absolute Gasteiger partial charge is 0.223 e. The van der Waals surface area contributed by atoms with E-state index < -0.39 is 0 Å². The third-order valence-electron chi connectivity index (χ3n) is 3.85. The van der Waals surface area contributed by atoms with E-state index in [2.05, 4.69) is 50.6 Å². The Bertz CT molecular complexity index is 967. The molecule has 0 aliphatic heterocycles. The molecule has 0 spiro atoms. The molecule has 116 valence electrons. The fourth-order valence-electron chi connectivity index (χ4n) is 2.63. The van der Waals surface area contributed by atoms with Crippen molar-refractivity contribution in [1.29, 1.82) is 0 Å². The van der Waals surface area contributed by atoms with Crippen molar-refractivity contribution >= 4 is 16.7 Å². The fourth-order valence-corrected chi connectivity index (χ4v) is 2.63. The predicted octanol–water partition coefficient (Wildman–Crippen LogP) is 4.30. The van der Waals surface area contributed by atoms with E-state index in [9.17, 15) is 0 Å². The number of benzene rings is 2. The number of nitrogens with zero attached hydrogens (tertiary/aromatic N) is 3. The molecule has 0 radical (unpaired) electrons. The molecular formula is C20H16N4. The van der Waals surface area contributed by atoms with Gasteiger partial charge in [0, 0.05) is 18.0 Å². The summed E-state index contributed by atoms with van der Waals surface area (Å²) < 4.78 is 0. The second-order valence-corrected chi connectivity index (χ2v) is 5.50. The first-order chi connectivity index (χ1) is 11.9. The van der Waals surface area contributed by atoms with Crippen molar-refractivity contribution in [2.45, 2.75) is 6.54 Å². The standard InChI is InChI=1S/C20H16N4/c1-2-6-16-13-17(9-8-15(16)5-1)19-10-12-22-20(24-19)23-14-18-7-3-4-11-21-18/h1-13H,14H2,(H,22,23,24). The van der Waals surface area contributed by atoms with Crippen LogP contribution < -0.4 is 5.32 Å². The van der Waals surface area contributed by atoms with Gasteiger partial charge in [0.25, 0.3) is 0 Å². The Balaban J connectivity index is 1.59. The summed E-state index contributed by atoms with van der Waals surface area (Å²) in [5.41, 5.74) is 2.94. The molecule has 4 heteroatoms. The van der Waals surface area contributed by atoms with Gasteiger partial charge in [-0.2, -0.15) is 0 Å². The number of anilines is 1. The van der Waals surface area contributed by atoms with Gasteiger partial charge in [-0.05, 0) is 35.0 Å². The highest BCUT2D eigenvalue weighted by atomic mass is 15.1. The zero-order valence-corrected chi connectivity index (χ0v) is 13.1. The first-order valence-corrected chi connectivity index (χ1v) is 7.84. The Kier molecular flexibility index (Phi) is 3.86. The van der Waals surface area contributed by atoms with Crippen LogP contribution in [-0.4, -0.2) is 15.0 Å². The van der Waals surface area contributed by atoms with Crippen LogP contribution in [0.2, 0.25) is 0 Å². The third-order valence-corrected chi connectivity index (χ3v) is 3.85. The second-order valence-electron chi connectivity index (χ2n) is 5.50. The summed E-state index contributed by atoms with van der Waals surface area (Å²) in [6.45, 7) is 0.599. The SMILES string of the molecule is c1ccc(CNc2nccc(-c3ccc4ccccc4c3)n2)nc1. The number of hydrogen-bond acceptors (Lipinski definition) is 4. The summed E-state index contributed by atoms with van der Waals surface area (Å²) in [6, 6.07) is 22.4. The Morgan fingerprint density at radius 1 is 0.750 bits per heavy atom. The van der Waals surface area contributed by atoms with Crippen LogP contribution in [0, 0.1) is 0 Å². The first-order valence-electron chi connectivity index (χ1n) is 7.84. The van der Waals surface area contributed by atoms with E-state index in [0.29, 0.717) is 12.5 Å². The fraction of sp³-hybridized carbons (Fsp3) is 0.0500. The van der Waals surface area contributed by atoms with Crippen molar-refractivity contribution < 1.29 is 0 Å². The maximum Gasteiger partial charge on any atom is 0.223 e. The molecule has 1 N–H and O–H groups in total. The molecule has 24 heavy (non-hydrogen) atoms. The van der Waals surface area contributed by atoms with Crippen LogP contribution in [0.25, 0.3) is 22.0 Å². The van der Waals surface area contributed by atoms with Crippen molar-refractivity contribution in [3.05, 3.63) is 84.8 Å². The van der Waals surface area contributed by atoms with Crippen molar-refractivity contribution in [2.75, 3.05) is 5.32 Å². The van der Waals surface area contributed by atoms with E-state index in [1.54, 1.807) is 12.4 Å². The maximum atomic E-state index is 4.61. The van der Waals surface area contributed by atoms with Crippen molar-refractivity contribution in [1.82, 2.24) is 15.0 Å². The maximum absolute atomic E-state index is 4.61. The van der Waals surface area contributed by atoms with Crippen molar-refractivity contribution in [3.8, 4) is 11.3 Å². The minimum Gasteiger partial charge on any atom is -0.349 e. The summed E-state index contributed by atoms with van der Waals surface area (Å²) in [5.74, 6) is 0.603. The Hall–Kier alpha value is -3.27. The third kappa shape index (κ3) is 3.08. The van der Waals surface area contributed by atoms with Gasteiger partial charge in [-0.1, -0.05) is 42.5 Å². The van der Waals surface area contributed by atoms with E-state index in [1.165, 1.54) is 10.8 Å². The number of fused-ring (bicyclic) bond motifs is 1. The van der Waals surface area contributed by atoms with E-state index >= 15 is 0 Å². The van der Waals surface area contributed by atoms with Gasteiger partial charge in [-0.25, -0.2) is 9.97 Å². The molecular weight excluding hydrogens is 296 g/mol. The minimum absolute atomic E-state index is 0.599. The van der Waals surface area contributed by atoms with Crippen molar-refractivity contribution in [2.24, 2.45) is 0 Å². The van der Waals surface area contributed by atoms with Crippen LogP contribution >= 0.6 is 0 Å². The molecule has 0 aliphatic carbocycles. The van der Waals surface area contributed by atoms with Gasteiger partial charge < -0.3 is 5.32 Å². The summed E-state index contributed by atoms with van der Waals surface area (Å²) in [4.78, 5) is 13.2. The van der Waals surface area contributed by atoms with Gasteiger partial charge in [-0.15, -0.1) is 0 Å². The van der Waals surface area contributed by atoms with Crippen molar-refractivity contribution in [3.63, 3.8) is 0 Å². The minimum atomic E-state index is 0.599. The molecule has 0 saturated carbocycles. The molecule has 0 fully saturated rings. The molecule has 0 bridgehead atoms. The summed E-state index contributed by atoms with van der Waals surface area (Å²) in [6.07, 6.45) is 3.56. The number of pyridine rings is 1. The molecule has 0 aliphatic rings. The Morgan fingerprint density at radius 3 is 2.50 bits per heavy atom. The van der Waals surface area contributed by atoms with Crippen LogP contribution in [0.1, 0.15) is 5.69 Å². The summed E-state index contributed by atoms with van der Waals surface area (Å²) in [7, 11) is 0. The summed E-state index contributed by atoms with van der Waals surface area (Å²) in [5, 5.41) is 5.65. The molecule has 2 aromatic heterocycles. The van der Waals surface area contributed by atoms with Gasteiger partial charge in [0.2, 0.25) is 5.95 Å². The van der Waals surface area contributed by atoms with Gasteiger partial charge in [-0.3, -0.25) is 4.98 Å². The van der Waals surface area contributed by atoms with Crippen LogP contribution in [0.15, 0.2) is 79.1 Å². The molecule has 0 saturated heterocycles. The van der Waals surface area contributed by atoms with E-state index in [-0.39, 0.29) is 0 Å². The van der Waals surface area contributed by atoms with Crippen LogP contribution in [0.3, 0.4) is 0 Å². The second kappa shape index (κ2) is 6.46. The number of rotatable bonds is 4. The Labute approximate surface area is 140 Å². The lowest BCUT2D eigenvalue weighted by molar-refractivity contribution is 1.00. The quantitative estimate of drug-likeness (QED) is 0.610. The number of nitrogens with one attached hydrogen (secondary N) is 1. The molecule has 0 atom stereocenters. The topological polar surface area (TPSA) is 50.7 Å². The normalized spacial score (nSPS) is 10.7. The lowest BCUT2D eigenvalue weighted by atomic mass is 10.1. The lowest BCUT2D eigenvalue weighted by Crippen LogP contribution is -2.05. The number of hydrogen-bond donors (Lipinski definition) is 1. The Morgan fingerprint density at radius 2 is 1.62 bits per heavy atom. The van der Waals surface area contributed by atoms with Crippen LogP contribution in [0.4, 0.5) is 5.95 Å². The highest BCUT2D eigenvalue weighted by molar-refractivity contribution is 5.86. The van der Waals surface area contributed by atoms with E-state index in [4.69, 9.17) is 0 Å². The lowest BCUT2D eigenvalue weighted by Gasteiger charge is -2.07. The monoisotopic (exact) mass is 312 g/mol. The molecule has 0 amide bonds. The highest BCUT2D eigenvalue weighted by Crippen LogP contribution is 2.23. The summed E-state index contributed by atoms with van der Waals surface area (Å²) >= 11 is 0. The van der Waals surface area contributed by atoms with Gasteiger partial charge in [0.1, 0.15) is 0 Å². The van der Waals surface area contributed by atoms with Gasteiger partial charge in [0.15, 0.2) is 0 Å². The average Bonchev–Trinajstić information content (AvgIpc) is 2.67. The molecule has 2 heterocycles. The zero-order valence-electron chi connectivity index (χ0n) is 13.1. The molecule has 4 rings (SSSR count). The van der Waals surface area contributed by atoms with Crippen LogP contribution in [0.5, 0.6) is 0 Å². The highest BCUT2D eigenvalue weighted by Gasteiger charge is 2.04. The molecule has 4 nitrogen and oxygen atoms in total. The largest absolute Gasteiger partial charge is 0.349 e. The predicted molar refractivity (Wildman–Crippen MR) is 96.5 cm³/mol. The van der Waals surface area contributed by atoms with Gasteiger partial charge in [0.05, 0.1) is 17.9 Å². The van der Waals surface area contributed by atoms with E-state index in [0.717, 1.165) is 17.0 Å². The number of aromatic nitrogens is 3. The average molecular weight is 312 g/mol. The van der Waals surface area contributed by atoms with E-state index in [1.807, 2.05) is 36.4 Å². The van der Waals surface area contributed by atoms with Gasteiger partial charge >= 0.3 is 0 Å².